The Labute approximate surface area is 126 Å². The molecule has 1 rings (SSSR count). The second kappa shape index (κ2) is 6.74. The van der Waals surface area contributed by atoms with Crippen LogP contribution in [0.15, 0.2) is 18.2 Å². The molecule has 0 heterocycles. The van der Waals surface area contributed by atoms with Crippen LogP contribution in [0.4, 0.5) is 5.69 Å². The second-order valence-corrected chi connectivity index (χ2v) is 6.32. The van der Waals surface area contributed by atoms with E-state index in [-0.39, 0.29) is 29.2 Å². The molecule has 0 saturated heterocycles. The van der Waals surface area contributed by atoms with Gasteiger partial charge in [-0.25, -0.2) is 0 Å². The Bertz CT molecular complexity index is 662. The van der Waals surface area contributed by atoms with E-state index >= 15 is 0 Å². The molecular formula is C11H14ClN3O5S. The molecule has 1 aromatic carbocycles. The fourth-order valence-electron chi connectivity index (χ4n) is 1.38. The summed E-state index contributed by atoms with van der Waals surface area (Å²) in [5.41, 5.74) is 5.28. The van der Waals surface area contributed by atoms with Gasteiger partial charge in [-0.1, -0.05) is 11.6 Å². The molecule has 0 atom stereocenters. The van der Waals surface area contributed by atoms with Gasteiger partial charge in [-0.05, 0) is 18.2 Å². The fourth-order valence-corrected chi connectivity index (χ4v) is 2.56. The quantitative estimate of drug-likeness (QED) is 0.668. The van der Waals surface area contributed by atoms with Crippen molar-refractivity contribution in [3.05, 3.63) is 28.8 Å². The molecule has 0 aliphatic heterocycles. The number of aliphatic carboxylic acids is 1. The molecule has 0 radical (unpaired) electrons. The predicted octanol–water partition coefficient (Wildman–Crippen LogP) is 0.502. The number of hydrogen-bond donors (Lipinski definition) is 3. The van der Waals surface area contributed by atoms with E-state index < -0.39 is 22.1 Å². The van der Waals surface area contributed by atoms with Crippen molar-refractivity contribution in [1.82, 2.24) is 4.31 Å². The molecule has 1 aromatic rings. The summed E-state index contributed by atoms with van der Waals surface area (Å²) < 4.78 is 26.9. The molecule has 1 amide bonds. The van der Waals surface area contributed by atoms with Crippen LogP contribution in [0, 0.1) is 0 Å². The minimum atomic E-state index is -3.91. The molecule has 0 aromatic heterocycles. The SMILES string of the molecule is CN(CCC(=O)O)S(=O)(=O)Nc1ccc(C(N)=O)c(Cl)c1. The van der Waals surface area contributed by atoms with Crippen molar-refractivity contribution >= 4 is 39.4 Å². The normalized spacial score (nSPS) is 11.4. The summed E-state index contributed by atoms with van der Waals surface area (Å²) in [6.45, 7) is -0.183. The summed E-state index contributed by atoms with van der Waals surface area (Å²) in [6.07, 6.45) is -0.321. The monoisotopic (exact) mass is 335 g/mol. The number of rotatable bonds is 7. The maximum atomic E-state index is 11.9. The number of nitrogens with one attached hydrogen (secondary N) is 1. The first kappa shape index (κ1) is 17.2. The van der Waals surface area contributed by atoms with Gasteiger partial charge in [0.05, 0.1) is 22.7 Å². The number of anilines is 1. The van der Waals surface area contributed by atoms with Crippen molar-refractivity contribution in [2.45, 2.75) is 6.42 Å². The lowest BCUT2D eigenvalue weighted by Gasteiger charge is -2.17. The first-order valence-corrected chi connectivity index (χ1v) is 7.50. The molecule has 0 unspecified atom stereocenters. The molecule has 0 saturated carbocycles. The van der Waals surface area contributed by atoms with Crippen molar-refractivity contribution < 1.29 is 23.1 Å². The third-order valence-corrected chi connectivity index (χ3v) is 4.34. The van der Waals surface area contributed by atoms with Gasteiger partial charge in [0.1, 0.15) is 0 Å². The maximum Gasteiger partial charge on any atom is 0.304 e. The van der Waals surface area contributed by atoms with Crippen molar-refractivity contribution in [1.29, 1.82) is 0 Å². The van der Waals surface area contributed by atoms with E-state index in [1.807, 2.05) is 0 Å². The number of amides is 1. The highest BCUT2D eigenvalue weighted by Crippen LogP contribution is 2.21. The summed E-state index contributed by atoms with van der Waals surface area (Å²) >= 11 is 5.81. The van der Waals surface area contributed by atoms with E-state index in [1.165, 1.54) is 25.2 Å². The Morgan fingerprint density at radius 2 is 2.05 bits per heavy atom. The van der Waals surface area contributed by atoms with Gasteiger partial charge in [0.15, 0.2) is 0 Å². The highest BCUT2D eigenvalue weighted by molar-refractivity contribution is 7.90. The Balaban J connectivity index is 2.86. The van der Waals surface area contributed by atoms with Gasteiger partial charge in [-0.15, -0.1) is 0 Å². The highest BCUT2D eigenvalue weighted by Gasteiger charge is 2.19. The molecule has 0 aliphatic carbocycles. The van der Waals surface area contributed by atoms with Crippen LogP contribution in [0.2, 0.25) is 5.02 Å². The molecule has 0 fully saturated rings. The van der Waals surface area contributed by atoms with Gasteiger partial charge < -0.3 is 10.8 Å². The smallest absolute Gasteiger partial charge is 0.304 e. The van der Waals surface area contributed by atoms with Crippen molar-refractivity contribution in [3.8, 4) is 0 Å². The zero-order valence-electron chi connectivity index (χ0n) is 11.0. The summed E-state index contributed by atoms with van der Waals surface area (Å²) in [4.78, 5) is 21.4. The van der Waals surface area contributed by atoms with E-state index in [0.717, 1.165) is 4.31 Å². The molecule has 21 heavy (non-hydrogen) atoms. The molecule has 4 N–H and O–H groups in total. The Hall–Kier alpha value is -1.84. The molecule has 0 spiro atoms. The number of carbonyl (C=O) groups is 2. The lowest BCUT2D eigenvalue weighted by atomic mass is 10.2. The summed E-state index contributed by atoms with van der Waals surface area (Å²) in [5, 5.41) is 8.54. The van der Waals surface area contributed by atoms with Crippen LogP contribution in [0.5, 0.6) is 0 Å². The van der Waals surface area contributed by atoms with E-state index in [9.17, 15) is 18.0 Å². The average Bonchev–Trinajstić information content (AvgIpc) is 2.34. The second-order valence-electron chi connectivity index (χ2n) is 4.13. The number of carbonyl (C=O) groups excluding carboxylic acids is 1. The summed E-state index contributed by atoms with van der Waals surface area (Å²) in [7, 11) is -2.67. The van der Waals surface area contributed by atoms with Crippen LogP contribution in [0.1, 0.15) is 16.8 Å². The maximum absolute atomic E-state index is 11.9. The number of hydrogen-bond acceptors (Lipinski definition) is 4. The molecular weight excluding hydrogens is 322 g/mol. The third kappa shape index (κ3) is 4.88. The largest absolute Gasteiger partial charge is 0.481 e. The van der Waals surface area contributed by atoms with Crippen LogP contribution < -0.4 is 10.5 Å². The van der Waals surface area contributed by atoms with E-state index in [1.54, 1.807) is 0 Å². The minimum absolute atomic E-state index is 0.0101. The molecule has 10 heteroatoms. The third-order valence-electron chi connectivity index (χ3n) is 2.53. The lowest BCUT2D eigenvalue weighted by molar-refractivity contribution is -0.137. The van der Waals surface area contributed by atoms with Gasteiger partial charge in [0, 0.05) is 13.6 Å². The van der Waals surface area contributed by atoms with Crippen LogP contribution in [-0.4, -0.2) is 43.3 Å². The topological polar surface area (TPSA) is 130 Å². The number of halogens is 1. The lowest BCUT2D eigenvalue weighted by Crippen LogP contribution is -2.34. The first-order valence-electron chi connectivity index (χ1n) is 5.68. The highest BCUT2D eigenvalue weighted by atomic mass is 35.5. The minimum Gasteiger partial charge on any atom is -0.481 e. The number of carboxylic acid groups (broad SMARTS) is 1. The number of nitrogens with zero attached hydrogens (tertiary/aromatic N) is 1. The number of nitrogens with two attached hydrogens (primary N) is 1. The zero-order valence-corrected chi connectivity index (χ0v) is 12.6. The number of carboxylic acids is 1. The molecule has 0 aliphatic rings. The molecule has 116 valence electrons. The molecule has 0 bridgehead atoms. The average molecular weight is 336 g/mol. The molecule has 8 nitrogen and oxygen atoms in total. The van der Waals surface area contributed by atoms with Crippen LogP contribution in [0.25, 0.3) is 0 Å². The fraction of sp³-hybridized carbons (Fsp3) is 0.273. The van der Waals surface area contributed by atoms with Crippen molar-refractivity contribution in [2.75, 3.05) is 18.3 Å². The Morgan fingerprint density at radius 1 is 1.43 bits per heavy atom. The van der Waals surface area contributed by atoms with Crippen LogP contribution >= 0.6 is 11.6 Å². The summed E-state index contributed by atoms with van der Waals surface area (Å²) in [6, 6.07) is 3.86. The van der Waals surface area contributed by atoms with Crippen LogP contribution in [-0.2, 0) is 15.0 Å². The number of benzene rings is 1. The van der Waals surface area contributed by atoms with Crippen LogP contribution in [0.3, 0.4) is 0 Å². The van der Waals surface area contributed by atoms with Gasteiger partial charge >= 0.3 is 16.2 Å². The van der Waals surface area contributed by atoms with Gasteiger partial charge in [-0.3, -0.25) is 14.3 Å². The van der Waals surface area contributed by atoms with E-state index in [2.05, 4.69) is 4.72 Å². The van der Waals surface area contributed by atoms with E-state index in [4.69, 9.17) is 22.4 Å². The predicted molar refractivity (Wildman–Crippen MR) is 77.4 cm³/mol. The Morgan fingerprint density at radius 3 is 2.52 bits per heavy atom. The van der Waals surface area contributed by atoms with Gasteiger partial charge in [0.2, 0.25) is 5.91 Å². The Kier molecular flexibility index (Phi) is 5.53. The van der Waals surface area contributed by atoms with Gasteiger partial charge in [-0.2, -0.15) is 12.7 Å². The van der Waals surface area contributed by atoms with E-state index in [0.29, 0.717) is 0 Å². The number of primary amides is 1. The van der Waals surface area contributed by atoms with Crippen molar-refractivity contribution in [3.63, 3.8) is 0 Å². The van der Waals surface area contributed by atoms with Crippen molar-refractivity contribution in [2.24, 2.45) is 5.73 Å². The zero-order chi connectivity index (χ0) is 16.2. The summed E-state index contributed by atoms with van der Waals surface area (Å²) in [5.74, 6) is -1.83. The standard InChI is InChI=1S/C11H14ClN3O5S/c1-15(5-4-10(16)17)21(19,20)14-7-2-3-8(11(13)18)9(12)6-7/h2-3,6,14H,4-5H2,1H3,(H2,13,18)(H,16,17). The first-order chi connectivity index (χ1) is 9.63. The van der Waals surface area contributed by atoms with Gasteiger partial charge in [0.25, 0.3) is 0 Å².